The molecule has 1 aromatic carbocycles. The van der Waals surface area contributed by atoms with E-state index in [0.29, 0.717) is 18.1 Å². The van der Waals surface area contributed by atoms with Crippen molar-refractivity contribution < 1.29 is 27.1 Å². The van der Waals surface area contributed by atoms with Gasteiger partial charge < -0.3 is 9.64 Å². The summed E-state index contributed by atoms with van der Waals surface area (Å²) in [4.78, 5) is 24.6. The van der Waals surface area contributed by atoms with Crippen LogP contribution in [0.15, 0.2) is 60.9 Å². The number of nitrogens with zero attached hydrogens (tertiary/aromatic N) is 3. The van der Waals surface area contributed by atoms with Gasteiger partial charge in [-0.25, -0.2) is 9.37 Å². The van der Waals surface area contributed by atoms with Crippen LogP contribution in [-0.4, -0.2) is 35.2 Å². The minimum Gasteiger partial charge on any atom is -0.481 e. The first-order valence-electron chi connectivity index (χ1n) is 14.6. The van der Waals surface area contributed by atoms with Crippen molar-refractivity contribution in [2.75, 3.05) is 18.6 Å². The van der Waals surface area contributed by atoms with Crippen LogP contribution in [0.5, 0.6) is 5.88 Å². The Kier molecular flexibility index (Phi) is 6.03. The molecule has 6 saturated carbocycles. The molecule has 0 spiro atoms. The number of alkyl halides is 4. The predicted molar refractivity (Wildman–Crippen MR) is 150 cm³/mol. The first kappa shape index (κ1) is 27.3. The molecule has 9 heteroatoms. The molecule has 42 heavy (non-hydrogen) atoms. The van der Waals surface area contributed by atoms with Gasteiger partial charge in [0.1, 0.15) is 5.67 Å². The van der Waals surface area contributed by atoms with Crippen LogP contribution >= 0.6 is 0 Å². The maximum atomic E-state index is 14.5. The van der Waals surface area contributed by atoms with E-state index >= 15 is 0 Å². The summed E-state index contributed by atoms with van der Waals surface area (Å²) in [5.74, 6) is 0.484. The Morgan fingerprint density at radius 1 is 0.905 bits per heavy atom. The van der Waals surface area contributed by atoms with Crippen LogP contribution in [0.1, 0.15) is 69.0 Å². The Morgan fingerprint density at radius 2 is 1.57 bits per heavy atom. The number of methoxy groups -OCH3 is 1. The molecule has 1 amide bonds. The van der Waals surface area contributed by atoms with Gasteiger partial charge in [0.05, 0.1) is 18.1 Å². The van der Waals surface area contributed by atoms with Gasteiger partial charge in [0.15, 0.2) is 0 Å². The van der Waals surface area contributed by atoms with E-state index in [1.54, 1.807) is 13.3 Å². The highest BCUT2D eigenvalue weighted by atomic mass is 19.4. The summed E-state index contributed by atoms with van der Waals surface area (Å²) >= 11 is 0. The highest BCUT2D eigenvalue weighted by molar-refractivity contribution is 6.00. The number of anilines is 1. The summed E-state index contributed by atoms with van der Waals surface area (Å²) in [6.07, 6.45) is 4.02. The number of halogens is 4. The van der Waals surface area contributed by atoms with Crippen molar-refractivity contribution in [3.8, 4) is 17.0 Å². The maximum Gasteiger partial charge on any atom is 0.416 e. The fraction of sp³-hybridized carbons (Fsp3) is 0.485. The number of aromatic nitrogens is 2. The van der Waals surface area contributed by atoms with Gasteiger partial charge in [0.25, 0.3) is 0 Å². The Morgan fingerprint density at radius 3 is 2.21 bits per heavy atom. The lowest BCUT2D eigenvalue weighted by atomic mass is 9.41. The molecular weight excluding hydrogens is 546 g/mol. The van der Waals surface area contributed by atoms with Crippen LogP contribution in [-0.2, 0) is 16.4 Å². The van der Waals surface area contributed by atoms with Crippen LogP contribution in [0.25, 0.3) is 11.1 Å². The molecule has 3 aromatic rings. The Bertz CT molecular complexity index is 1510. The third-order valence-corrected chi connectivity index (χ3v) is 10.6. The summed E-state index contributed by atoms with van der Waals surface area (Å²) in [7, 11) is 1.57. The van der Waals surface area contributed by atoms with Crippen molar-refractivity contribution in [2.24, 2.45) is 10.8 Å². The highest BCUT2D eigenvalue weighted by Gasteiger charge is 2.73. The van der Waals surface area contributed by atoms with E-state index < -0.39 is 22.8 Å². The zero-order valence-electron chi connectivity index (χ0n) is 23.5. The molecule has 0 N–H and O–H groups in total. The van der Waals surface area contributed by atoms with Crippen LogP contribution in [0, 0.1) is 10.8 Å². The summed E-state index contributed by atoms with van der Waals surface area (Å²) < 4.78 is 60.2. The van der Waals surface area contributed by atoms with E-state index in [-0.39, 0.29) is 36.0 Å². The number of rotatable bonds is 7. The molecule has 0 radical (unpaired) electrons. The number of amides is 1. The van der Waals surface area contributed by atoms with Gasteiger partial charge in [-0.1, -0.05) is 12.1 Å². The van der Waals surface area contributed by atoms with Gasteiger partial charge in [0.2, 0.25) is 11.8 Å². The fourth-order valence-electron chi connectivity index (χ4n) is 8.13. The number of benzene rings is 1. The van der Waals surface area contributed by atoms with Crippen molar-refractivity contribution in [3.63, 3.8) is 0 Å². The topological polar surface area (TPSA) is 55.3 Å². The number of hydrogen-bond donors (Lipinski definition) is 0. The van der Waals surface area contributed by atoms with Crippen molar-refractivity contribution in [1.29, 1.82) is 0 Å². The number of pyridine rings is 2. The average molecular weight is 580 g/mol. The second-order valence-electron chi connectivity index (χ2n) is 13.2. The molecule has 9 rings (SSSR count). The molecule has 6 fully saturated rings. The van der Waals surface area contributed by atoms with E-state index in [1.165, 1.54) is 12.3 Å². The summed E-state index contributed by atoms with van der Waals surface area (Å²) in [6.45, 7) is 0.516. The largest absolute Gasteiger partial charge is 0.481 e. The molecule has 4 bridgehead atoms. The molecule has 0 saturated heterocycles. The molecule has 5 nitrogen and oxygen atoms in total. The highest BCUT2D eigenvalue weighted by Crippen LogP contribution is 2.70. The molecule has 0 atom stereocenters. The van der Waals surface area contributed by atoms with E-state index in [0.717, 1.165) is 61.4 Å². The van der Waals surface area contributed by atoms with E-state index in [2.05, 4.69) is 9.97 Å². The predicted octanol–water partition coefficient (Wildman–Crippen LogP) is 7.69. The molecule has 6 aliphatic carbocycles. The minimum absolute atomic E-state index is 0.0113. The number of fused-ring (bicyclic) bond motifs is 3. The summed E-state index contributed by atoms with van der Waals surface area (Å²) in [5.41, 5.74) is 0.151. The van der Waals surface area contributed by atoms with Crippen molar-refractivity contribution in [3.05, 3.63) is 72.2 Å². The third kappa shape index (κ3) is 4.38. The van der Waals surface area contributed by atoms with Crippen molar-refractivity contribution in [1.82, 2.24) is 9.97 Å². The van der Waals surface area contributed by atoms with E-state index in [1.807, 2.05) is 41.3 Å². The zero-order chi connectivity index (χ0) is 29.4. The Hall–Kier alpha value is -3.49. The Labute approximate surface area is 242 Å². The standard InChI is InChI=1S/C33H33F4N3O2/c1-42-27-16-23(5-13-39-27)22-3-2-4-25(15-22)40(28(41)31-18-32(34,19-31)20-31)21-29-7-10-30(11-8-29,12-9-29)26-17-24(6-14-38-26)33(35,36)37/h2-6,13-17H,7-12,18-21H2,1H3. The first-order valence-corrected chi connectivity index (χ1v) is 14.6. The molecule has 6 aliphatic rings. The van der Waals surface area contributed by atoms with Crippen molar-refractivity contribution in [2.45, 2.75) is 75.0 Å². The fourth-order valence-corrected chi connectivity index (χ4v) is 8.13. The van der Waals surface area contributed by atoms with Crippen molar-refractivity contribution >= 4 is 11.6 Å². The van der Waals surface area contributed by atoms with Gasteiger partial charge in [-0.2, -0.15) is 13.2 Å². The molecule has 220 valence electrons. The molecular formula is C33H33F4N3O2. The smallest absolute Gasteiger partial charge is 0.416 e. The SMILES string of the molecule is COc1cc(-c2cccc(N(CC34CCC(c5cc(C(F)(F)F)ccn5)(CC3)CC4)C(=O)C34CC(F)(C3)C4)c2)ccn1. The van der Waals surface area contributed by atoms with Gasteiger partial charge in [-0.15, -0.1) is 0 Å². The molecule has 2 heterocycles. The average Bonchev–Trinajstić information content (AvgIpc) is 2.98. The second-order valence-corrected chi connectivity index (χ2v) is 13.2. The monoisotopic (exact) mass is 579 g/mol. The van der Waals surface area contributed by atoms with Crippen LogP contribution < -0.4 is 9.64 Å². The van der Waals surface area contributed by atoms with Gasteiger partial charge in [0, 0.05) is 41.8 Å². The molecule has 0 unspecified atom stereocenters. The van der Waals surface area contributed by atoms with Crippen LogP contribution in [0.4, 0.5) is 23.2 Å². The summed E-state index contributed by atoms with van der Waals surface area (Å²) in [6, 6.07) is 13.9. The Balaban J connectivity index is 1.17. The van der Waals surface area contributed by atoms with E-state index in [4.69, 9.17) is 4.74 Å². The normalized spacial score (nSPS) is 31.2. The van der Waals surface area contributed by atoms with E-state index in [9.17, 15) is 22.4 Å². The maximum absolute atomic E-state index is 14.5. The lowest BCUT2D eigenvalue weighted by Crippen LogP contribution is -2.71. The van der Waals surface area contributed by atoms with Crippen LogP contribution in [0.2, 0.25) is 0 Å². The third-order valence-electron chi connectivity index (χ3n) is 10.6. The number of carbonyl (C=O) groups excluding carboxylic acids is 1. The first-order chi connectivity index (χ1) is 20.0. The van der Waals surface area contributed by atoms with Crippen LogP contribution in [0.3, 0.4) is 0 Å². The molecule has 2 aromatic heterocycles. The second kappa shape index (κ2) is 9.25. The van der Waals surface area contributed by atoms with Gasteiger partial charge >= 0.3 is 6.18 Å². The lowest BCUT2D eigenvalue weighted by molar-refractivity contribution is -0.211. The molecule has 0 aliphatic heterocycles. The zero-order valence-corrected chi connectivity index (χ0v) is 23.5. The quantitative estimate of drug-likeness (QED) is 0.269. The summed E-state index contributed by atoms with van der Waals surface area (Å²) in [5, 5.41) is 0. The number of hydrogen-bond acceptors (Lipinski definition) is 4. The number of ether oxygens (including phenoxy) is 1. The van der Waals surface area contributed by atoms with Gasteiger partial charge in [-0.3, -0.25) is 9.78 Å². The lowest BCUT2D eigenvalue weighted by Gasteiger charge is -2.65. The number of carbonyl (C=O) groups is 1. The minimum atomic E-state index is -4.40. The van der Waals surface area contributed by atoms with Gasteiger partial charge in [-0.05, 0) is 105 Å².